The number of aryl methyl sites for hydroxylation is 1. The number of hydrogen-bond acceptors (Lipinski definition) is 2. The molecule has 14 heavy (non-hydrogen) atoms. The number of aromatic nitrogens is 1. The second-order valence-corrected chi connectivity index (χ2v) is 3.35. The van der Waals surface area contributed by atoms with Gasteiger partial charge in [0.1, 0.15) is 0 Å². The van der Waals surface area contributed by atoms with E-state index in [1.807, 2.05) is 12.4 Å². The minimum atomic E-state index is 0.846. The van der Waals surface area contributed by atoms with Crippen molar-refractivity contribution in [3.8, 4) is 12.3 Å². The van der Waals surface area contributed by atoms with Gasteiger partial charge in [0.15, 0.2) is 0 Å². The third-order valence-electron chi connectivity index (χ3n) is 1.94. The predicted octanol–water partition coefficient (Wildman–Crippen LogP) is 1.89. The van der Waals surface area contributed by atoms with Gasteiger partial charge >= 0.3 is 0 Å². The fourth-order valence-electron chi connectivity index (χ4n) is 1.26. The molecule has 0 unspecified atom stereocenters. The molecule has 0 aromatic carbocycles. The predicted molar refractivity (Wildman–Crippen MR) is 58.7 cm³/mol. The van der Waals surface area contributed by atoms with E-state index < -0.39 is 0 Å². The van der Waals surface area contributed by atoms with Crippen LogP contribution in [0.2, 0.25) is 0 Å². The van der Waals surface area contributed by atoms with Crippen molar-refractivity contribution in [2.75, 3.05) is 6.54 Å². The van der Waals surface area contributed by atoms with Crippen LogP contribution < -0.4 is 5.32 Å². The zero-order chi connectivity index (χ0) is 10.2. The second kappa shape index (κ2) is 6.17. The topological polar surface area (TPSA) is 24.9 Å². The van der Waals surface area contributed by atoms with Gasteiger partial charge in [-0.1, -0.05) is 6.07 Å². The van der Waals surface area contributed by atoms with E-state index in [4.69, 9.17) is 6.42 Å². The van der Waals surface area contributed by atoms with Crippen LogP contribution in [0.15, 0.2) is 18.5 Å². The fraction of sp³-hybridized carbons (Fsp3) is 0.417. The highest BCUT2D eigenvalue weighted by atomic mass is 14.8. The number of rotatable bonds is 5. The highest BCUT2D eigenvalue weighted by Gasteiger charge is 1.92. The zero-order valence-electron chi connectivity index (χ0n) is 8.59. The van der Waals surface area contributed by atoms with Crippen molar-refractivity contribution in [3.05, 3.63) is 29.6 Å². The van der Waals surface area contributed by atoms with Gasteiger partial charge in [-0.3, -0.25) is 4.98 Å². The lowest BCUT2D eigenvalue weighted by Gasteiger charge is -2.03. The SMILES string of the molecule is C#CCCCNCc1cncc(C)c1. The minimum absolute atomic E-state index is 0.846. The standard InChI is InChI=1S/C12H16N2/c1-3-4-5-6-13-9-12-7-11(2)8-14-10-12/h1,7-8,10,13H,4-6,9H2,2H3. The van der Waals surface area contributed by atoms with Crippen molar-refractivity contribution in [2.24, 2.45) is 0 Å². The van der Waals surface area contributed by atoms with E-state index in [9.17, 15) is 0 Å². The van der Waals surface area contributed by atoms with Crippen molar-refractivity contribution >= 4 is 0 Å². The van der Waals surface area contributed by atoms with Gasteiger partial charge in [-0.15, -0.1) is 12.3 Å². The summed E-state index contributed by atoms with van der Waals surface area (Å²) in [7, 11) is 0. The molecule has 2 heteroatoms. The lowest BCUT2D eigenvalue weighted by atomic mass is 10.2. The maximum absolute atomic E-state index is 5.15. The molecular formula is C12H16N2. The molecule has 0 bridgehead atoms. The molecular weight excluding hydrogens is 172 g/mol. The second-order valence-electron chi connectivity index (χ2n) is 3.35. The zero-order valence-corrected chi connectivity index (χ0v) is 8.59. The molecule has 1 aromatic heterocycles. The normalized spacial score (nSPS) is 9.71. The average molecular weight is 188 g/mol. The third-order valence-corrected chi connectivity index (χ3v) is 1.94. The Morgan fingerprint density at radius 1 is 1.50 bits per heavy atom. The summed E-state index contributed by atoms with van der Waals surface area (Å²) >= 11 is 0. The first-order chi connectivity index (χ1) is 6.83. The maximum atomic E-state index is 5.15. The Hall–Kier alpha value is -1.33. The van der Waals surface area contributed by atoms with Crippen LogP contribution in [-0.2, 0) is 6.54 Å². The number of nitrogens with one attached hydrogen (secondary N) is 1. The van der Waals surface area contributed by atoms with Crippen molar-refractivity contribution < 1.29 is 0 Å². The van der Waals surface area contributed by atoms with Gasteiger partial charge < -0.3 is 5.32 Å². The first kappa shape index (κ1) is 10.7. The Labute approximate surface area is 85.8 Å². The lowest BCUT2D eigenvalue weighted by Crippen LogP contribution is -2.14. The van der Waals surface area contributed by atoms with Gasteiger partial charge in [-0.2, -0.15) is 0 Å². The van der Waals surface area contributed by atoms with Crippen molar-refractivity contribution in [1.29, 1.82) is 0 Å². The molecule has 0 amide bonds. The number of nitrogens with zero attached hydrogens (tertiary/aromatic N) is 1. The van der Waals surface area contributed by atoms with E-state index in [1.54, 1.807) is 0 Å². The molecule has 2 nitrogen and oxygen atoms in total. The maximum Gasteiger partial charge on any atom is 0.0313 e. The van der Waals surface area contributed by atoms with Gasteiger partial charge in [-0.25, -0.2) is 0 Å². The molecule has 0 spiro atoms. The van der Waals surface area contributed by atoms with E-state index in [1.165, 1.54) is 11.1 Å². The molecule has 0 radical (unpaired) electrons. The summed E-state index contributed by atoms with van der Waals surface area (Å²) in [6.45, 7) is 3.90. The molecule has 0 atom stereocenters. The Bertz CT molecular complexity index is 312. The van der Waals surface area contributed by atoms with Gasteiger partial charge in [0, 0.05) is 25.4 Å². The summed E-state index contributed by atoms with van der Waals surface area (Å²) in [6, 6.07) is 2.14. The van der Waals surface area contributed by atoms with Crippen LogP contribution in [0, 0.1) is 19.3 Å². The molecule has 1 aromatic rings. The Balaban J connectivity index is 2.22. The average Bonchev–Trinajstić information content (AvgIpc) is 2.18. The highest BCUT2D eigenvalue weighted by molar-refractivity contribution is 5.16. The van der Waals surface area contributed by atoms with Crippen LogP contribution in [0.1, 0.15) is 24.0 Å². The van der Waals surface area contributed by atoms with Crippen LogP contribution in [-0.4, -0.2) is 11.5 Å². The van der Waals surface area contributed by atoms with E-state index in [2.05, 4.69) is 29.2 Å². The van der Waals surface area contributed by atoms with E-state index in [0.717, 1.165) is 25.9 Å². The summed E-state index contributed by atoms with van der Waals surface area (Å²) in [5.41, 5.74) is 2.43. The van der Waals surface area contributed by atoms with Crippen molar-refractivity contribution in [3.63, 3.8) is 0 Å². The minimum Gasteiger partial charge on any atom is -0.313 e. The van der Waals surface area contributed by atoms with E-state index >= 15 is 0 Å². The smallest absolute Gasteiger partial charge is 0.0313 e. The molecule has 0 aliphatic carbocycles. The summed E-state index contributed by atoms with van der Waals surface area (Å²) in [4.78, 5) is 4.13. The van der Waals surface area contributed by atoms with Crippen LogP contribution in [0.3, 0.4) is 0 Å². The first-order valence-electron chi connectivity index (χ1n) is 4.87. The van der Waals surface area contributed by atoms with Crippen LogP contribution >= 0.6 is 0 Å². The Morgan fingerprint density at radius 2 is 2.36 bits per heavy atom. The molecule has 0 saturated carbocycles. The van der Waals surface area contributed by atoms with Gasteiger partial charge in [0.2, 0.25) is 0 Å². The van der Waals surface area contributed by atoms with Crippen LogP contribution in [0.5, 0.6) is 0 Å². The Morgan fingerprint density at radius 3 is 3.07 bits per heavy atom. The molecule has 1 rings (SSSR count). The number of terminal acetylenes is 1. The first-order valence-corrected chi connectivity index (χ1v) is 4.87. The quantitative estimate of drug-likeness (QED) is 0.564. The van der Waals surface area contributed by atoms with Gasteiger partial charge in [-0.05, 0) is 31.0 Å². The molecule has 74 valence electrons. The summed E-state index contributed by atoms with van der Waals surface area (Å²) in [5, 5.41) is 3.33. The monoisotopic (exact) mass is 188 g/mol. The van der Waals surface area contributed by atoms with E-state index in [0.29, 0.717) is 0 Å². The Kier molecular flexibility index (Phi) is 4.74. The van der Waals surface area contributed by atoms with Crippen LogP contribution in [0.4, 0.5) is 0 Å². The molecule has 0 fully saturated rings. The summed E-state index contributed by atoms with van der Waals surface area (Å²) in [6.07, 6.45) is 10.8. The van der Waals surface area contributed by atoms with E-state index in [-0.39, 0.29) is 0 Å². The lowest BCUT2D eigenvalue weighted by molar-refractivity contribution is 0.657. The summed E-state index contributed by atoms with van der Waals surface area (Å²) in [5.74, 6) is 2.62. The molecule has 0 aliphatic rings. The third kappa shape index (κ3) is 4.06. The van der Waals surface area contributed by atoms with Crippen molar-refractivity contribution in [1.82, 2.24) is 10.3 Å². The van der Waals surface area contributed by atoms with Gasteiger partial charge in [0.05, 0.1) is 0 Å². The van der Waals surface area contributed by atoms with Crippen molar-refractivity contribution in [2.45, 2.75) is 26.3 Å². The number of unbranched alkanes of at least 4 members (excludes halogenated alkanes) is 1. The molecule has 0 saturated heterocycles. The van der Waals surface area contributed by atoms with Crippen LogP contribution in [0.25, 0.3) is 0 Å². The molecule has 1 heterocycles. The highest BCUT2D eigenvalue weighted by Crippen LogP contribution is 2.00. The molecule has 0 aliphatic heterocycles. The number of hydrogen-bond donors (Lipinski definition) is 1. The summed E-state index contributed by atoms with van der Waals surface area (Å²) < 4.78 is 0. The van der Waals surface area contributed by atoms with Gasteiger partial charge in [0.25, 0.3) is 0 Å². The number of pyridine rings is 1. The molecule has 1 N–H and O–H groups in total. The fourth-order valence-corrected chi connectivity index (χ4v) is 1.26. The largest absolute Gasteiger partial charge is 0.313 e.